The van der Waals surface area contributed by atoms with Gasteiger partial charge in [-0.05, 0) is 6.42 Å². The lowest BCUT2D eigenvalue weighted by Crippen LogP contribution is -2.26. The second-order valence-corrected chi connectivity index (χ2v) is 3.74. The minimum atomic E-state index is -0.750. The molecule has 1 spiro atoms. The van der Waals surface area contributed by atoms with Gasteiger partial charge >= 0.3 is 5.97 Å². The quantitative estimate of drug-likeness (QED) is 0.695. The first kappa shape index (κ1) is 9.68. The van der Waals surface area contributed by atoms with Crippen molar-refractivity contribution in [2.75, 3.05) is 13.2 Å². The summed E-state index contributed by atoms with van der Waals surface area (Å²) < 4.78 is 11.0. The molecule has 4 heteroatoms. The number of rotatable bonds is 3. The average Bonchev–Trinajstić information content (AvgIpc) is 2.74. The van der Waals surface area contributed by atoms with Crippen LogP contribution in [0.1, 0.15) is 25.7 Å². The summed E-state index contributed by atoms with van der Waals surface area (Å²) in [5, 5.41) is 8.54. The Bertz CT molecular complexity index is 263. The Hall–Kier alpha value is -0.870. The van der Waals surface area contributed by atoms with E-state index in [9.17, 15) is 4.79 Å². The number of hydrogen-bond acceptors (Lipinski definition) is 3. The fraction of sp³-hybridized carbons (Fsp3) is 0.700. The normalized spacial score (nSPS) is 24.1. The summed E-state index contributed by atoms with van der Waals surface area (Å²) in [6.07, 6.45) is 4.36. The summed E-state index contributed by atoms with van der Waals surface area (Å²) in [6, 6.07) is 0. The van der Waals surface area contributed by atoms with E-state index in [1.165, 1.54) is 0 Å². The minimum Gasteiger partial charge on any atom is -0.481 e. The highest BCUT2D eigenvalue weighted by Crippen LogP contribution is 2.38. The van der Waals surface area contributed by atoms with Crippen LogP contribution in [0.15, 0.2) is 11.6 Å². The van der Waals surface area contributed by atoms with Gasteiger partial charge in [0.2, 0.25) is 0 Å². The van der Waals surface area contributed by atoms with Crippen LogP contribution in [-0.2, 0) is 14.3 Å². The molecular weight excluding hydrogens is 184 g/mol. The highest BCUT2D eigenvalue weighted by molar-refractivity contribution is 5.67. The molecule has 1 N–H and O–H groups in total. The van der Waals surface area contributed by atoms with E-state index in [1.807, 2.05) is 6.08 Å². The standard InChI is InChI=1S/C10H14O4/c11-9(12)2-1-8-3-4-10(7-8)13-5-6-14-10/h3H,1-2,4-7H2,(H,11,12). The molecule has 2 rings (SSSR count). The third-order valence-corrected chi connectivity index (χ3v) is 2.67. The number of hydrogen-bond donors (Lipinski definition) is 1. The lowest BCUT2D eigenvalue weighted by Gasteiger charge is -2.21. The van der Waals surface area contributed by atoms with E-state index in [1.54, 1.807) is 0 Å². The lowest BCUT2D eigenvalue weighted by molar-refractivity contribution is -0.147. The van der Waals surface area contributed by atoms with Crippen LogP contribution in [0, 0.1) is 0 Å². The van der Waals surface area contributed by atoms with Crippen LogP contribution >= 0.6 is 0 Å². The van der Waals surface area contributed by atoms with E-state index in [2.05, 4.69) is 0 Å². The number of ether oxygens (including phenoxy) is 2. The number of carboxylic acid groups (broad SMARTS) is 1. The van der Waals surface area contributed by atoms with Gasteiger partial charge in [0.05, 0.1) is 13.2 Å². The third kappa shape index (κ3) is 1.96. The van der Waals surface area contributed by atoms with Gasteiger partial charge in [0.15, 0.2) is 5.79 Å². The smallest absolute Gasteiger partial charge is 0.303 e. The van der Waals surface area contributed by atoms with Crippen molar-refractivity contribution in [1.82, 2.24) is 0 Å². The monoisotopic (exact) mass is 198 g/mol. The molecule has 2 aliphatic rings. The molecule has 1 aliphatic heterocycles. The highest BCUT2D eigenvalue weighted by atomic mass is 16.7. The summed E-state index contributed by atoms with van der Waals surface area (Å²) in [4.78, 5) is 10.4. The van der Waals surface area contributed by atoms with Crippen molar-refractivity contribution in [2.24, 2.45) is 0 Å². The molecule has 1 aliphatic carbocycles. The number of carbonyl (C=O) groups is 1. The van der Waals surface area contributed by atoms with Crippen molar-refractivity contribution in [3.63, 3.8) is 0 Å². The van der Waals surface area contributed by atoms with Crippen LogP contribution in [-0.4, -0.2) is 30.1 Å². The largest absolute Gasteiger partial charge is 0.481 e. The molecule has 0 aromatic carbocycles. The second-order valence-electron chi connectivity index (χ2n) is 3.74. The summed E-state index contributed by atoms with van der Waals surface area (Å²) in [7, 11) is 0. The topological polar surface area (TPSA) is 55.8 Å². The Labute approximate surface area is 82.5 Å². The second kappa shape index (κ2) is 3.71. The molecule has 0 unspecified atom stereocenters. The average molecular weight is 198 g/mol. The van der Waals surface area contributed by atoms with Crippen molar-refractivity contribution in [3.8, 4) is 0 Å². The van der Waals surface area contributed by atoms with E-state index < -0.39 is 11.8 Å². The van der Waals surface area contributed by atoms with E-state index in [0.717, 1.165) is 18.4 Å². The highest BCUT2D eigenvalue weighted by Gasteiger charge is 2.39. The fourth-order valence-electron chi connectivity index (χ4n) is 1.96. The molecule has 0 radical (unpaired) electrons. The first-order valence-electron chi connectivity index (χ1n) is 4.88. The van der Waals surface area contributed by atoms with Crippen molar-refractivity contribution >= 4 is 5.97 Å². The van der Waals surface area contributed by atoms with Gasteiger partial charge in [-0.15, -0.1) is 0 Å². The molecule has 0 atom stereocenters. The molecule has 1 heterocycles. The van der Waals surface area contributed by atoms with Gasteiger partial charge in [0.25, 0.3) is 0 Å². The van der Waals surface area contributed by atoms with Crippen LogP contribution < -0.4 is 0 Å². The molecule has 0 bridgehead atoms. The lowest BCUT2D eigenvalue weighted by atomic mass is 10.1. The first-order chi connectivity index (χ1) is 6.70. The molecular formula is C10H14O4. The third-order valence-electron chi connectivity index (χ3n) is 2.67. The molecule has 4 nitrogen and oxygen atoms in total. The summed E-state index contributed by atoms with van der Waals surface area (Å²) in [5.41, 5.74) is 1.15. The summed E-state index contributed by atoms with van der Waals surface area (Å²) >= 11 is 0. The Morgan fingerprint density at radius 2 is 2.21 bits per heavy atom. The van der Waals surface area contributed by atoms with Gasteiger partial charge < -0.3 is 14.6 Å². The first-order valence-corrected chi connectivity index (χ1v) is 4.88. The fourth-order valence-corrected chi connectivity index (χ4v) is 1.96. The minimum absolute atomic E-state index is 0.196. The van der Waals surface area contributed by atoms with Crippen LogP contribution in [0.3, 0.4) is 0 Å². The van der Waals surface area contributed by atoms with E-state index in [0.29, 0.717) is 19.6 Å². The molecule has 14 heavy (non-hydrogen) atoms. The van der Waals surface area contributed by atoms with Crippen LogP contribution in [0.4, 0.5) is 0 Å². The molecule has 0 saturated carbocycles. The van der Waals surface area contributed by atoms with Gasteiger partial charge in [0.1, 0.15) is 0 Å². The maximum atomic E-state index is 10.4. The number of carboxylic acids is 1. The van der Waals surface area contributed by atoms with Gasteiger partial charge in [-0.25, -0.2) is 0 Å². The summed E-state index contributed by atoms with van der Waals surface area (Å²) in [5.74, 6) is -1.19. The Balaban J connectivity index is 1.83. The predicted octanol–water partition coefficient (Wildman–Crippen LogP) is 1.31. The molecule has 0 aromatic rings. The van der Waals surface area contributed by atoms with E-state index in [4.69, 9.17) is 14.6 Å². The maximum Gasteiger partial charge on any atom is 0.303 e. The zero-order chi connectivity index (χ0) is 10.0. The zero-order valence-corrected chi connectivity index (χ0v) is 7.99. The molecule has 0 amide bonds. The van der Waals surface area contributed by atoms with Crippen LogP contribution in [0.25, 0.3) is 0 Å². The Morgan fingerprint density at radius 1 is 1.50 bits per heavy atom. The van der Waals surface area contributed by atoms with Crippen molar-refractivity contribution in [3.05, 3.63) is 11.6 Å². The molecule has 1 saturated heterocycles. The van der Waals surface area contributed by atoms with Crippen LogP contribution in [0.2, 0.25) is 0 Å². The van der Waals surface area contributed by atoms with E-state index in [-0.39, 0.29) is 6.42 Å². The summed E-state index contributed by atoms with van der Waals surface area (Å²) in [6.45, 7) is 1.31. The van der Waals surface area contributed by atoms with Crippen LogP contribution in [0.5, 0.6) is 0 Å². The van der Waals surface area contributed by atoms with Gasteiger partial charge in [0, 0.05) is 19.3 Å². The molecule has 78 valence electrons. The SMILES string of the molecule is O=C(O)CCC1=CCC2(C1)OCCO2. The van der Waals surface area contributed by atoms with Crippen molar-refractivity contribution in [1.29, 1.82) is 0 Å². The Morgan fingerprint density at radius 3 is 2.86 bits per heavy atom. The van der Waals surface area contributed by atoms with Gasteiger partial charge in [-0.3, -0.25) is 4.79 Å². The van der Waals surface area contributed by atoms with Crippen molar-refractivity contribution < 1.29 is 19.4 Å². The van der Waals surface area contributed by atoms with E-state index >= 15 is 0 Å². The number of aliphatic carboxylic acids is 1. The maximum absolute atomic E-state index is 10.4. The molecule has 0 aromatic heterocycles. The predicted molar refractivity (Wildman–Crippen MR) is 48.8 cm³/mol. The zero-order valence-electron chi connectivity index (χ0n) is 7.99. The Kier molecular flexibility index (Phi) is 2.56. The molecule has 1 fully saturated rings. The van der Waals surface area contributed by atoms with Crippen molar-refractivity contribution in [2.45, 2.75) is 31.5 Å². The van der Waals surface area contributed by atoms with Gasteiger partial charge in [-0.1, -0.05) is 11.6 Å². The van der Waals surface area contributed by atoms with Gasteiger partial charge in [-0.2, -0.15) is 0 Å².